The Morgan fingerprint density at radius 1 is 1.19 bits per heavy atom. The summed E-state index contributed by atoms with van der Waals surface area (Å²) in [4.78, 5) is 0. The van der Waals surface area contributed by atoms with Crippen molar-refractivity contribution in [2.75, 3.05) is 0 Å². The molecule has 2 N–H and O–H groups in total. The zero-order chi connectivity index (χ0) is 14.8. The fourth-order valence-electron chi connectivity index (χ4n) is 2.82. The Morgan fingerprint density at radius 2 is 1.90 bits per heavy atom. The molecular weight excluding hydrogens is 284 g/mol. The quantitative estimate of drug-likeness (QED) is 0.915. The third-order valence-corrected chi connectivity index (χ3v) is 4.13. The van der Waals surface area contributed by atoms with Crippen LogP contribution in [0.4, 0.5) is 0 Å². The fourth-order valence-corrected chi connectivity index (χ4v) is 2.94. The van der Waals surface area contributed by atoms with Crippen molar-refractivity contribution < 1.29 is 5.11 Å². The Labute approximate surface area is 128 Å². The molecule has 0 aromatic heterocycles. The van der Waals surface area contributed by atoms with Gasteiger partial charge in [0.05, 0.1) is 18.2 Å². The predicted octanol–water partition coefficient (Wildman–Crippen LogP) is 3.15. The molecule has 1 aliphatic carbocycles. The molecule has 0 radical (unpaired) electrons. The number of hydrogen-bond donors (Lipinski definition) is 2. The fraction of sp³-hybridized carbons (Fsp3) is 0.235. The number of aliphatic hydroxyl groups excluding tert-OH is 1. The maximum Gasteiger partial charge on any atom is 0.121 e. The predicted molar refractivity (Wildman–Crippen MR) is 81.8 cm³/mol. The van der Waals surface area contributed by atoms with E-state index < -0.39 is 12.1 Å². The summed E-state index contributed by atoms with van der Waals surface area (Å²) in [5, 5.41) is 23.6. The van der Waals surface area contributed by atoms with E-state index >= 15 is 0 Å². The molecule has 21 heavy (non-hydrogen) atoms. The Balaban J connectivity index is 1.85. The maximum absolute atomic E-state index is 10.3. The lowest BCUT2D eigenvalue weighted by molar-refractivity contribution is 0.138. The molecule has 0 spiro atoms. The standard InChI is InChI=1S/C17H15ClN2O/c18-13-7-5-11(6-8-13)15(10-19)20-17-14-4-2-1-3-12(14)9-16(17)21/h1-8,15-17,20-21H,9H2/t15?,16-,17+/m1/s1. The van der Waals surface area contributed by atoms with Crippen molar-refractivity contribution in [1.82, 2.24) is 5.32 Å². The first kappa shape index (κ1) is 14.1. The molecule has 0 saturated carbocycles. The first-order valence-corrected chi connectivity index (χ1v) is 7.24. The van der Waals surface area contributed by atoms with E-state index in [9.17, 15) is 10.4 Å². The molecule has 4 heteroatoms. The molecule has 1 aliphatic rings. The zero-order valence-electron chi connectivity index (χ0n) is 11.3. The normalized spacial score (nSPS) is 21.6. The van der Waals surface area contributed by atoms with Gasteiger partial charge in [0.1, 0.15) is 6.04 Å². The summed E-state index contributed by atoms with van der Waals surface area (Å²) in [6.45, 7) is 0. The number of fused-ring (bicyclic) bond motifs is 1. The minimum Gasteiger partial charge on any atom is -0.391 e. The SMILES string of the molecule is N#CC(N[C@H]1c2ccccc2C[C@H]1O)c1ccc(Cl)cc1. The van der Waals surface area contributed by atoms with Crippen LogP contribution < -0.4 is 5.32 Å². The highest BCUT2D eigenvalue weighted by Gasteiger charge is 2.32. The maximum atomic E-state index is 10.3. The summed E-state index contributed by atoms with van der Waals surface area (Å²) in [5.74, 6) is 0. The van der Waals surface area contributed by atoms with Gasteiger partial charge in [-0.3, -0.25) is 5.32 Å². The van der Waals surface area contributed by atoms with Crippen molar-refractivity contribution in [3.05, 3.63) is 70.2 Å². The highest BCUT2D eigenvalue weighted by Crippen LogP contribution is 2.33. The van der Waals surface area contributed by atoms with Crippen LogP contribution in [0.1, 0.15) is 28.8 Å². The van der Waals surface area contributed by atoms with E-state index in [0.717, 1.165) is 16.7 Å². The molecule has 0 aliphatic heterocycles. The lowest BCUT2D eigenvalue weighted by Crippen LogP contribution is -2.31. The molecule has 0 saturated heterocycles. The van der Waals surface area contributed by atoms with Gasteiger partial charge in [0, 0.05) is 11.4 Å². The second-order valence-corrected chi connectivity index (χ2v) is 5.66. The van der Waals surface area contributed by atoms with Gasteiger partial charge in [0.15, 0.2) is 0 Å². The van der Waals surface area contributed by atoms with Gasteiger partial charge in [-0.15, -0.1) is 0 Å². The molecular formula is C17H15ClN2O. The molecule has 3 rings (SSSR count). The van der Waals surface area contributed by atoms with Crippen LogP contribution in [0.3, 0.4) is 0 Å². The molecule has 0 amide bonds. The first-order chi connectivity index (χ1) is 10.2. The summed E-state index contributed by atoms with van der Waals surface area (Å²) in [5.41, 5.74) is 3.05. The number of nitrogens with zero attached hydrogens (tertiary/aromatic N) is 1. The molecule has 2 aromatic rings. The van der Waals surface area contributed by atoms with E-state index in [1.54, 1.807) is 12.1 Å². The van der Waals surface area contributed by atoms with E-state index in [-0.39, 0.29) is 6.04 Å². The number of aliphatic hydroxyl groups is 1. The van der Waals surface area contributed by atoms with Crippen LogP contribution in [0.15, 0.2) is 48.5 Å². The molecule has 0 fully saturated rings. The van der Waals surface area contributed by atoms with Crippen LogP contribution in [0.25, 0.3) is 0 Å². The Hall–Kier alpha value is -1.86. The minimum atomic E-state index is -0.509. The number of benzene rings is 2. The van der Waals surface area contributed by atoms with Crippen molar-refractivity contribution in [1.29, 1.82) is 5.26 Å². The molecule has 3 nitrogen and oxygen atoms in total. The van der Waals surface area contributed by atoms with Crippen molar-refractivity contribution in [3.8, 4) is 6.07 Å². The first-order valence-electron chi connectivity index (χ1n) is 6.86. The van der Waals surface area contributed by atoms with Crippen molar-refractivity contribution in [2.45, 2.75) is 24.6 Å². The van der Waals surface area contributed by atoms with E-state index in [2.05, 4.69) is 11.4 Å². The molecule has 0 bridgehead atoms. The van der Waals surface area contributed by atoms with Gasteiger partial charge in [-0.25, -0.2) is 0 Å². The summed E-state index contributed by atoms with van der Waals surface area (Å²) >= 11 is 5.88. The lowest BCUT2D eigenvalue weighted by Gasteiger charge is -2.22. The molecule has 2 aromatic carbocycles. The average Bonchev–Trinajstić information content (AvgIpc) is 2.81. The van der Waals surface area contributed by atoms with Gasteiger partial charge < -0.3 is 5.11 Å². The molecule has 1 unspecified atom stereocenters. The van der Waals surface area contributed by atoms with Crippen molar-refractivity contribution in [2.24, 2.45) is 0 Å². The average molecular weight is 299 g/mol. The largest absolute Gasteiger partial charge is 0.391 e. The van der Waals surface area contributed by atoms with Gasteiger partial charge in [0.2, 0.25) is 0 Å². The van der Waals surface area contributed by atoms with Gasteiger partial charge in [-0.05, 0) is 28.8 Å². The molecule has 0 heterocycles. The third kappa shape index (κ3) is 2.79. The minimum absolute atomic E-state index is 0.221. The second-order valence-electron chi connectivity index (χ2n) is 5.23. The molecule has 3 atom stereocenters. The highest BCUT2D eigenvalue weighted by atomic mass is 35.5. The third-order valence-electron chi connectivity index (χ3n) is 3.88. The van der Waals surface area contributed by atoms with E-state index in [1.807, 2.05) is 36.4 Å². The summed E-state index contributed by atoms with van der Waals surface area (Å²) in [7, 11) is 0. The Kier molecular flexibility index (Phi) is 3.94. The lowest BCUT2D eigenvalue weighted by atomic mass is 10.0. The number of rotatable bonds is 3. The van der Waals surface area contributed by atoms with Gasteiger partial charge in [0.25, 0.3) is 0 Å². The van der Waals surface area contributed by atoms with E-state index in [4.69, 9.17) is 11.6 Å². The van der Waals surface area contributed by atoms with Crippen LogP contribution in [0.2, 0.25) is 5.02 Å². The monoisotopic (exact) mass is 298 g/mol. The van der Waals surface area contributed by atoms with Crippen LogP contribution >= 0.6 is 11.6 Å². The van der Waals surface area contributed by atoms with Crippen LogP contribution in [0.5, 0.6) is 0 Å². The second kappa shape index (κ2) is 5.87. The highest BCUT2D eigenvalue weighted by molar-refractivity contribution is 6.30. The van der Waals surface area contributed by atoms with Crippen LogP contribution in [0, 0.1) is 11.3 Å². The summed E-state index contributed by atoms with van der Waals surface area (Å²) < 4.78 is 0. The zero-order valence-corrected chi connectivity index (χ0v) is 12.1. The number of nitrogens with one attached hydrogen (secondary N) is 1. The number of hydrogen-bond acceptors (Lipinski definition) is 3. The summed E-state index contributed by atoms with van der Waals surface area (Å²) in [6.07, 6.45) is 0.109. The van der Waals surface area contributed by atoms with E-state index in [1.165, 1.54) is 0 Å². The van der Waals surface area contributed by atoms with E-state index in [0.29, 0.717) is 11.4 Å². The molecule has 106 valence electrons. The Bertz CT molecular complexity index is 678. The number of halogens is 1. The van der Waals surface area contributed by atoms with Crippen LogP contribution in [-0.4, -0.2) is 11.2 Å². The van der Waals surface area contributed by atoms with Crippen molar-refractivity contribution >= 4 is 11.6 Å². The Morgan fingerprint density at radius 3 is 2.62 bits per heavy atom. The number of nitriles is 1. The van der Waals surface area contributed by atoms with Gasteiger partial charge in [-0.2, -0.15) is 5.26 Å². The smallest absolute Gasteiger partial charge is 0.121 e. The van der Waals surface area contributed by atoms with Gasteiger partial charge >= 0.3 is 0 Å². The topological polar surface area (TPSA) is 56.0 Å². The van der Waals surface area contributed by atoms with Crippen molar-refractivity contribution in [3.63, 3.8) is 0 Å². The van der Waals surface area contributed by atoms with Gasteiger partial charge in [-0.1, -0.05) is 48.0 Å². The van der Waals surface area contributed by atoms with Crippen LogP contribution in [-0.2, 0) is 6.42 Å². The summed E-state index contributed by atoms with van der Waals surface area (Å²) in [6, 6.07) is 16.7.